The van der Waals surface area contributed by atoms with Crippen LogP contribution in [-0.4, -0.2) is 60.8 Å². The summed E-state index contributed by atoms with van der Waals surface area (Å²) in [6, 6.07) is 0. The smallest absolute Gasteiger partial charge is 0.309 e. The van der Waals surface area contributed by atoms with Gasteiger partial charge in [-0.05, 0) is 6.42 Å². The molecule has 0 bridgehead atoms. The van der Waals surface area contributed by atoms with Crippen LogP contribution in [0.5, 0.6) is 0 Å². The zero-order valence-corrected chi connectivity index (χ0v) is 11.3. The van der Waals surface area contributed by atoms with Gasteiger partial charge in [0.05, 0.1) is 18.4 Å². The van der Waals surface area contributed by atoms with Gasteiger partial charge in [-0.2, -0.15) is 5.10 Å². The van der Waals surface area contributed by atoms with Gasteiger partial charge in [0.15, 0.2) is 0 Å². The molecular formula is C12H16N4O5. The number of aromatic nitrogens is 3. The average molecular weight is 296 g/mol. The fraction of sp³-hybridized carbons (Fsp3) is 0.583. The number of aliphatic carboxylic acids is 2. The van der Waals surface area contributed by atoms with Gasteiger partial charge < -0.3 is 15.1 Å². The van der Waals surface area contributed by atoms with Crippen LogP contribution in [-0.2, 0) is 20.9 Å². The second kappa shape index (κ2) is 6.33. The molecule has 1 aliphatic heterocycles. The SMILES string of the molecule is O=C(O)C1CCN(C(=O)CCn2cncn2)CC1C(=O)O. The molecule has 9 heteroatoms. The van der Waals surface area contributed by atoms with Crippen molar-refractivity contribution in [3.8, 4) is 0 Å². The standard InChI is InChI=1S/C12H16N4O5/c17-10(2-4-16-7-13-6-14-16)15-3-1-8(11(18)19)9(5-15)12(20)21/h6-9H,1-5H2,(H,18,19)(H,20,21). The highest BCUT2D eigenvalue weighted by molar-refractivity contribution is 5.82. The zero-order chi connectivity index (χ0) is 15.4. The Morgan fingerprint density at radius 2 is 1.90 bits per heavy atom. The molecule has 2 rings (SSSR count). The number of carbonyl (C=O) groups is 3. The number of nitrogens with zero attached hydrogens (tertiary/aromatic N) is 4. The maximum absolute atomic E-state index is 12.1. The van der Waals surface area contributed by atoms with E-state index in [4.69, 9.17) is 10.2 Å². The lowest BCUT2D eigenvalue weighted by molar-refractivity contribution is -0.159. The molecule has 0 radical (unpaired) electrons. The van der Waals surface area contributed by atoms with Crippen LogP contribution in [0.2, 0.25) is 0 Å². The normalized spacial score (nSPS) is 22.0. The number of hydrogen-bond donors (Lipinski definition) is 2. The van der Waals surface area contributed by atoms with Crippen molar-refractivity contribution in [2.45, 2.75) is 19.4 Å². The summed E-state index contributed by atoms with van der Waals surface area (Å²) >= 11 is 0. The van der Waals surface area contributed by atoms with E-state index < -0.39 is 23.8 Å². The third-order valence-electron chi connectivity index (χ3n) is 3.62. The number of carboxylic acids is 2. The molecule has 1 aromatic heterocycles. The first-order valence-electron chi connectivity index (χ1n) is 6.55. The van der Waals surface area contributed by atoms with Crippen molar-refractivity contribution in [3.63, 3.8) is 0 Å². The van der Waals surface area contributed by atoms with Crippen molar-refractivity contribution in [2.75, 3.05) is 13.1 Å². The Bertz CT molecular complexity index is 530. The van der Waals surface area contributed by atoms with Crippen LogP contribution in [0, 0.1) is 11.8 Å². The summed E-state index contributed by atoms with van der Waals surface area (Å²) in [5.41, 5.74) is 0. The fourth-order valence-corrected chi connectivity index (χ4v) is 2.44. The van der Waals surface area contributed by atoms with Gasteiger partial charge in [0, 0.05) is 19.5 Å². The first-order valence-corrected chi connectivity index (χ1v) is 6.55. The summed E-state index contributed by atoms with van der Waals surface area (Å²) in [6.07, 6.45) is 3.18. The van der Waals surface area contributed by atoms with Crippen LogP contribution in [0.25, 0.3) is 0 Å². The van der Waals surface area contributed by atoms with E-state index in [1.807, 2.05) is 0 Å². The summed E-state index contributed by atoms with van der Waals surface area (Å²) in [7, 11) is 0. The van der Waals surface area contributed by atoms with Gasteiger partial charge in [0.25, 0.3) is 0 Å². The van der Waals surface area contributed by atoms with Gasteiger partial charge >= 0.3 is 11.9 Å². The maximum Gasteiger partial charge on any atom is 0.309 e. The van der Waals surface area contributed by atoms with E-state index in [0.717, 1.165) is 0 Å². The third kappa shape index (κ3) is 3.56. The molecule has 1 saturated heterocycles. The molecule has 21 heavy (non-hydrogen) atoms. The van der Waals surface area contributed by atoms with Gasteiger partial charge in [-0.25, -0.2) is 4.98 Å². The topological polar surface area (TPSA) is 126 Å². The molecule has 114 valence electrons. The molecule has 9 nitrogen and oxygen atoms in total. The van der Waals surface area contributed by atoms with Gasteiger partial charge in [0.1, 0.15) is 12.7 Å². The Morgan fingerprint density at radius 3 is 2.48 bits per heavy atom. The van der Waals surface area contributed by atoms with E-state index >= 15 is 0 Å². The summed E-state index contributed by atoms with van der Waals surface area (Å²) in [4.78, 5) is 39.4. The monoisotopic (exact) mass is 296 g/mol. The Morgan fingerprint density at radius 1 is 1.19 bits per heavy atom. The molecule has 2 unspecified atom stereocenters. The number of rotatable bonds is 5. The van der Waals surface area contributed by atoms with Crippen LogP contribution < -0.4 is 0 Å². The highest BCUT2D eigenvalue weighted by Crippen LogP contribution is 2.24. The lowest BCUT2D eigenvalue weighted by Gasteiger charge is -2.34. The second-order valence-electron chi connectivity index (χ2n) is 4.93. The third-order valence-corrected chi connectivity index (χ3v) is 3.62. The van der Waals surface area contributed by atoms with Gasteiger partial charge in [0.2, 0.25) is 5.91 Å². The van der Waals surface area contributed by atoms with Crippen molar-refractivity contribution in [1.29, 1.82) is 0 Å². The molecule has 0 aromatic carbocycles. The van der Waals surface area contributed by atoms with Crippen molar-refractivity contribution >= 4 is 17.8 Å². The highest BCUT2D eigenvalue weighted by atomic mass is 16.4. The minimum absolute atomic E-state index is 0.0670. The molecule has 1 fully saturated rings. The van der Waals surface area contributed by atoms with E-state index in [1.165, 1.54) is 22.2 Å². The lowest BCUT2D eigenvalue weighted by atomic mass is 9.85. The van der Waals surface area contributed by atoms with E-state index in [2.05, 4.69) is 10.1 Å². The minimum atomic E-state index is -1.18. The minimum Gasteiger partial charge on any atom is -0.481 e. The maximum atomic E-state index is 12.1. The first kappa shape index (κ1) is 14.9. The van der Waals surface area contributed by atoms with Crippen LogP contribution in [0.3, 0.4) is 0 Å². The number of piperidine rings is 1. The van der Waals surface area contributed by atoms with E-state index in [1.54, 1.807) is 0 Å². The summed E-state index contributed by atoms with van der Waals surface area (Å²) < 4.78 is 1.51. The van der Waals surface area contributed by atoms with E-state index in [9.17, 15) is 14.4 Å². The van der Waals surface area contributed by atoms with Crippen LogP contribution in [0.15, 0.2) is 12.7 Å². The van der Waals surface area contributed by atoms with E-state index in [0.29, 0.717) is 6.54 Å². The number of aryl methyl sites for hydroxylation is 1. The summed E-state index contributed by atoms with van der Waals surface area (Å²) in [6.45, 7) is 0.550. The molecule has 0 saturated carbocycles. The fourth-order valence-electron chi connectivity index (χ4n) is 2.44. The molecule has 0 aliphatic carbocycles. The average Bonchev–Trinajstić information content (AvgIpc) is 2.97. The molecule has 2 N–H and O–H groups in total. The molecule has 2 heterocycles. The van der Waals surface area contributed by atoms with Crippen molar-refractivity contribution in [2.24, 2.45) is 11.8 Å². The predicted molar refractivity (Wildman–Crippen MR) is 68.1 cm³/mol. The predicted octanol–water partition coefficient (Wildman–Crippen LogP) is -0.698. The van der Waals surface area contributed by atoms with Gasteiger partial charge in [-0.1, -0.05) is 0 Å². The van der Waals surface area contributed by atoms with Crippen LogP contribution in [0.1, 0.15) is 12.8 Å². The Labute approximate surface area is 120 Å². The Kier molecular flexibility index (Phi) is 4.51. The molecule has 0 spiro atoms. The lowest BCUT2D eigenvalue weighted by Crippen LogP contribution is -2.48. The Hall–Kier alpha value is -2.45. The number of hydrogen-bond acceptors (Lipinski definition) is 5. The highest BCUT2D eigenvalue weighted by Gasteiger charge is 2.39. The molecule has 1 aliphatic rings. The second-order valence-corrected chi connectivity index (χ2v) is 4.93. The van der Waals surface area contributed by atoms with E-state index in [-0.39, 0.29) is 31.8 Å². The van der Waals surface area contributed by atoms with Gasteiger partial charge in [-0.15, -0.1) is 0 Å². The number of amides is 1. The van der Waals surface area contributed by atoms with Crippen molar-refractivity contribution in [3.05, 3.63) is 12.7 Å². The molecule has 1 aromatic rings. The molecule has 2 atom stereocenters. The van der Waals surface area contributed by atoms with Crippen molar-refractivity contribution in [1.82, 2.24) is 19.7 Å². The Balaban J connectivity index is 1.93. The van der Waals surface area contributed by atoms with Crippen molar-refractivity contribution < 1.29 is 24.6 Å². The number of carbonyl (C=O) groups excluding carboxylic acids is 1. The number of carboxylic acid groups (broad SMARTS) is 2. The molecule has 1 amide bonds. The summed E-state index contributed by atoms with van der Waals surface area (Å²) in [5.74, 6) is -4.53. The first-order chi connectivity index (χ1) is 9.99. The summed E-state index contributed by atoms with van der Waals surface area (Å²) in [5, 5.41) is 22.0. The number of likely N-dealkylation sites (tertiary alicyclic amines) is 1. The largest absolute Gasteiger partial charge is 0.481 e. The van der Waals surface area contributed by atoms with Crippen LogP contribution >= 0.6 is 0 Å². The molecular weight excluding hydrogens is 280 g/mol. The van der Waals surface area contributed by atoms with Gasteiger partial charge in [-0.3, -0.25) is 19.1 Å². The quantitative estimate of drug-likeness (QED) is 0.736. The van der Waals surface area contributed by atoms with Crippen LogP contribution in [0.4, 0.5) is 0 Å². The zero-order valence-electron chi connectivity index (χ0n) is 11.3.